The average Bonchev–Trinajstić information content (AvgIpc) is 2.99. The third-order valence-corrected chi connectivity index (χ3v) is 4.30. The number of para-hydroxylation sites is 1. The van der Waals surface area contributed by atoms with Crippen molar-refractivity contribution in [2.75, 3.05) is 0 Å². The molecule has 0 saturated carbocycles. The summed E-state index contributed by atoms with van der Waals surface area (Å²) < 4.78 is 5.64. The van der Waals surface area contributed by atoms with Gasteiger partial charge in [0.05, 0.1) is 6.04 Å². The van der Waals surface area contributed by atoms with Gasteiger partial charge in [0, 0.05) is 5.39 Å². The Bertz CT molecular complexity index is 815. The van der Waals surface area contributed by atoms with Gasteiger partial charge in [-0.3, -0.25) is 4.79 Å². The lowest BCUT2D eigenvalue weighted by molar-refractivity contribution is 0.0909. The minimum atomic E-state index is -0.175. The molecule has 3 rings (SSSR count). The maximum Gasteiger partial charge on any atom is 0.287 e. The van der Waals surface area contributed by atoms with Gasteiger partial charge in [-0.25, -0.2) is 0 Å². The zero-order valence-electron chi connectivity index (χ0n) is 13.7. The highest BCUT2D eigenvalue weighted by atomic mass is 16.3. The Morgan fingerprint density at radius 2 is 1.87 bits per heavy atom. The molecule has 0 spiro atoms. The average molecular weight is 307 g/mol. The normalized spacial score (nSPS) is 12.3. The smallest absolute Gasteiger partial charge is 0.287 e. The van der Waals surface area contributed by atoms with Crippen LogP contribution in [0.1, 0.15) is 46.6 Å². The van der Waals surface area contributed by atoms with E-state index in [1.807, 2.05) is 24.3 Å². The number of amides is 1. The van der Waals surface area contributed by atoms with E-state index in [2.05, 4.69) is 44.3 Å². The van der Waals surface area contributed by atoms with E-state index in [1.54, 1.807) is 6.07 Å². The lowest BCUT2D eigenvalue weighted by Crippen LogP contribution is -2.27. The first kappa shape index (κ1) is 15.3. The molecule has 0 fully saturated rings. The van der Waals surface area contributed by atoms with Gasteiger partial charge in [-0.05, 0) is 49.1 Å². The van der Waals surface area contributed by atoms with Gasteiger partial charge in [-0.15, -0.1) is 0 Å². The van der Waals surface area contributed by atoms with Crippen LogP contribution in [0.25, 0.3) is 11.0 Å². The summed E-state index contributed by atoms with van der Waals surface area (Å²) in [6, 6.07) is 15.7. The predicted octanol–water partition coefficient (Wildman–Crippen LogP) is 4.93. The number of carbonyl (C=O) groups excluding carboxylic acids is 1. The van der Waals surface area contributed by atoms with Crippen molar-refractivity contribution < 1.29 is 9.21 Å². The van der Waals surface area contributed by atoms with Crippen molar-refractivity contribution in [2.24, 2.45) is 0 Å². The van der Waals surface area contributed by atoms with Crippen molar-refractivity contribution in [3.8, 4) is 0 Å². The van der Waals surface area contributed by atoms with Gasteiger partial charge < -0.3 is 9.73 Å². The molecule has 0 aliphatic carbocycles. The maximum absolute atomic E-state index is 12.5. The molecule has 2 aromatic carbocycles. The molecular formula is C20H21NO2. The van der Waals surface area contributed by atoms with Crippen LogP contribution in [0.15, 0.2) is 52.9 Å². The summed E-state index contributed by atoms with van der Waals surface area (Å²) in [6.07, 6.45) is 0.828. The number of rotatable bonds is 4. The molecule has 3 heteroatoms. The van der Waals surface area contributed by atoms with E-state index in [1.165, 1.54) is 11.1 Å². The Morgan fingerprint density at radius 3 is 2.57 bits per heavy atom. The number of fused-ring (bicyclic) bond motifs is 1. The quantitative estimate of drug-likeness (QED) is 0.742. The predicted molar refractivity (Wildman–Crippen MR) is 92.6 cm³/mol. The van der Waals surface area contributed by atoms with Crippen LogP contribution in [0.2, 0.25) is 0 Å². The Hall–Kier alpha value is -2.55. The molecule has 1 unspecified atom stereocenters. The van der Waals surface area contributed by atoms with Crippen LogP contribution >= 0.6 is 0 Å². The lowest BCUT2D eigenvalue weighted by atomic mass is 9.99. The number of benzene rings is 2. The van der Waals surface area contributed by atoms with Crippen LogP contribution in [-0.2, 0) is 0 Å². The first-order valence-electron chi connectivity index (χ1n) is 7.95. The van der Waals surface area contributed by atoms with Gasteiger partial charge in [0.1, 0.15) is 5.58 Å². The number of nitrogens with one attached hydrogen (secondary N) is 1. The second-order valence-electron chi connectivity index (χ2n) is 5.93. The minimum Gasteiger partial charge on any atom is -0.451 e. The molecule has 1 atom stereocenters. The molecule has 3 aromatic rings. The van der Waals surface area contributed by atoms with Crippen molar-refractivity contribution in [3.05, 3.63) is 71.0 Å². The van der Waals surface area contributed by atoms with Crippen molar-refractivity contribution in [1.82, 2.24) is 5.32 Å². The summed E-state index contributed by atoms with van der Waals surface area (Å²) in [4.78, 5) is 12.5. The summed E-state index contributed by atoms with van der Waals surface area (Å²) in [7, 11) is 0. The number of carbonyl (C=O) groups is 1. The molecule has 3 nitrogen and oxygen atoms in total. The van der Waals surface area contributed by atoms with Gasteiger partial charge in [0.2, 0.25) is 0 Å². The first-order chi connectivity index (χ1) is 11.1. The van der Waals surface area contributed by atoms with E-state index >= 15 is 0 Å². The first-order valence-corrected chi connectivity index (χ1v) is 7.95. The Morgan fingerprint density at radius 1 is 1.09 bits per heavy atom. The summed E-state index contributed by atoms with van der Waals surface area (Å²) in [5.41, 5.74) is 4.35. The van der Waals surface area contributed by atoms with E-state index < -0.39 is 0 Å². The van der Waals surface area contributed by atoms with Crippen molar-refractivity contribution in [3.63, 3.8) is 0 Å². The van der Waals surface area contributed by atoms with Gasteiger partial charge in [0.15, 0.2) is 5.76 Å². The zero-order chi connectivity index (χ0) is 16.4. The highest BCUT2D eigenvalue weighted by Crippen LogP contribution is 2.22. The standard InChI is InChI=1S/C20H21NO2/c1-4-17(15-10-9-13(2)14(3)11-15)21-20(22)19-12-16-7-5-6-8-18(16)23-19/h5-12,17H,4H2,1-3H3,(H,21,22). The van der Waals surface area contributed by atoms with E-state index in [0.717, 1.165) is 23.0 Å². The van der Waals surface area contributed by atoms with Crippen molar-refractivity contribution in [1.29, 1.82) is 0 Å². The van der Waals surface area contributed by atoms with Gasteiger partial charge in [-0.2, -0.15) is 0 Å². The van der Waals surface area contributed by atoms with Crippen LogP contribution in [0.3, 0.4) is 0 Å². The van der Waals surface area contributed by atoms with E-state index in [-0.39, 0.29) is 11.9 Å². The molecule has 0 bridgehead atoms. The van der Waals surface area contributed by atoms with Crippen molar-refractivity contribution in [2.45, 2.75) is 33.2 Å². The van der Waals surface area contributed by atoms with E-state index in [0.29, 0.717) is 5.76 Å². The fraction of sp³-hybridized carbons (Fsp3) is 0.250. The monoisotopic (exact) mass is 307 g/mol. The highest BCUT2D eigenvalue weighted by molar-refractivity contribution is 5.96. The summed E-state index contributed by atoms with van der Waals surface area (Å²) in [6.45, 7) is 6.25. The topological polar surface area (TPSA) is 42.2 Å². The summed E-state index contributed by atoms with van der Waals surface area (Å²) >= 11 is 0. The number of aryl methyl sites for hydroxylation is 2. The molecule has 23 heavy (non-hydrogen) atoms. The Balaban J connectivity index is 1.82. The molecule has 1 aromatic heterocycles. The van der Waals surface area contributed by atoms with Crippen LogP contribution < -0.4 is 5.32 Å². The summed E-state index contributed by atoms with van der Waals surface area (Å²) in [5.74, 6) is 0.180. The lowest BCUT2D eigenvalue weighted by Gasteiger charge is -2.18. The molecule has 0 aliphatic rings. The number of hydrogen-bond acceptors (Lipinski definition) is 2. The molecule has 1 heterocycles. The minimum absolute atomic E-state index is 0.0185. The number of hydrogen-bond donors (Lipinski definition) is 1. The van der Waals surface area contributed by atoms with Crippen LogP contribution in [0.5, 0.6) is 0 Å². The largest absolute Gasteiger partial charge is 0.451 e. The molecule has 1 N–H and O–H groups in total. The molecule has 1 amide bonds. The maximum atomic E-state index is 12.5. The molecule has 0 saturated heterocycles. The SMILES string of the molecule is CCC(NC(=O)c1cc2ccccc2o1)c1ccc(C)c(C)c1. The zero-order valence-corrected chi connectivity index (χ0v) is 13.7. The Kier molecular flexibility index (Phi) is 4.20. The van der Waals surface area contributed by atoms with Gasteiger partial charge >= 0.3 is 0 Å². The Labute approximate surface area is 136 Å². The summed E-state index contributed by atoms with van der Waals surface area (Å²) in [5, 5.41) is 4.02. The fourth-order valence-electron chi connectivity index (χ4n) is 2.73. The van der Waals surface area contributed by atoms with Gasteiger partial charge in [0.25, 0.3) is 5.91 Å². The fourth-order valence-corrected chi connectivity index (χ4v) is 2.73. The third kappa shape index (κ3) is 3.14. The second-order valence-corrected chi connectivity index (χ2v) is 5.93. The van der Waals surface area contributed by atoms with Crippen LogP contribution in [0.4, 0.5) is 0 Å². The van der Waals surface area contributed by atoms with Crippen LogP contribution in [-0.4, -0.2) is 5.91 Å². The van der Waals surface area contributed by atoms with E-state index in [4.69, 9.17) is 4.42 Å². The third-order valence-electron chi connectivity index (χ3n) is 4.30. The van der Waals surface area contributed by atoms with Crippen molar-refractivity contribution >= 4 is 16.9 Å². The van der Waals surface area contributed by atoms with Crippen LogP contribution in [0, 0.1) is 13.8 Å². The second kappa shape index (κ2) is 6.29. The highest BCUT2D eigenvalue weighted by Gasteiger charge is 2.17. The molecule has 0 radical (unpaired) electrons. The van der Waals surface area contributed by atoms with Gasteiger partial charge in [-0.1, -0.05) is 43.3 Å². The molecule has 118 valence electrons. The molecule has 0 aliphatic heterocycles. The van der Waals surface area contributed by atoms with E-state index in [9.17, 15) is 4.79 Å². The molecular weight excluding hydrogens is 286 g/mol. The number of furan rings is 1.